The molecule has 2 unspecified atom stereocenters. The first-order chi connectivity index (χ1) is 11.3. The SMILES string of the molecule is CO[NH2+]CCC1CC(OS(C)(C)C(C)(C)C)CN1C(=O)OC(C)(C)C. The van der Waals surface area contributed by atoms with Gasteiger partial charge in [0, 0.05) is 17.2 Å². The largest absolute Gasteiger partial charge is 0.444 e. The molecule has 2 N–H and O–H groups in total. The molecule has 1 fully saturated rings. The Balaban J connectivity index is 2.81. The summed E-state index contributed by atoms with van der Waals surface area (Å²) in [5.74, 6) is 0. The van der Waals surface area contributed by atoms with Gasteiger partial charge in [-0.2, -0.15) is 0 Å². The Kier molecular flexibility index (Phi) is 7.63. The molecule has 0 aliphatic carbocycles. The van der Waals surface area contributed by atoms with E-state index in [2.05, 4.69) is 33.3 Å². The molecule has 1 aliphatic heterocycles. The van der Waals surface area contributed by atoms with E-state index in [1.165, 1.54) is 0 Å². The van der Waals surface area contributed by atoms with Crippen LogP contribution in [0.25, 0.3) is 0 Å². The van der Waals surface area contributed by atoms with Crippen LogP contribution in [0.5, 0.6) is 0 Å². The highest BCUT2D eigenvalue weighted by Gasteiger charge is 2.41. The Morgan fingerprint density at radius 1 is 1.20 bits per heavy atom. The van der Waals surface area contributed by atoms with Crippen molar-refractivity contribution in [2.75, 3.05) is 32.7 Å². The summed E-state index contributed by atoms with van der Waals surface area (Å²) < 4.78 is 12.2. The van der Waals surface area contributed by atoms with Crippen LogP contribution in [0.15, 0.2) is 0 Å². The van der Waals surface area contributed by atoms with Gasteiger partial charge in [0.1, 0.15) is 12.1 Å². The molecule has 1 rings (SSSR count). The van der Waals surface area contributed by atoms with E-state index < -0.39 is 15.9 Å². The van der Waals surface area contributed by atoms with Crippen molar-refractivity contribution >= 4 is 16.4 Å². The number of likely N-dealkylation sites (tertiary alicyclic amines) is 1. The molecule has 0 radical (unpaired) electrons. The number of nitrogens with zero attached hydrogens (tertiary/aromatic N) is 1. The van der Waals surface area contributed by atoms with Crippen molar-refractivity contribution in [1.82, 2.24) is 4.90 Å². The molecule has 1 aliphatic rings. The molecule has 7 heteroatoms. The van der Waals surface area contributed by atoms with E-state index in [1.807, 2.05) is 25.7 Å². The molecule has 6 nitrogen and oxygen atoms in total. The quantitative estimate of drug-likeness (QED) is 0.569. The van der Waals surface area contributed by atoms with E-state index in [-0.39, 0.29) is 23.0 Å². The van der Waals surface area contributed by atoms with Gasteiger partial charge in [0.2, 0.25) is 0 Å². The molecule has 2 atom stereocenters. The molecule has 25 heavy (non-hydrogen) atoms. The second kappa shape index (κ2) is 8.46. The Labute approximate surface area is 155 Å². The van der Waals surface area contributed by atoms with Gasteiger partial charge in [-0.25, -0.2) is 15.1 Å². The first-order valence-electron chi connectivity index (χ1n) is 9.02. The highest BCUT2D eigenvalue weighted by Crippen LogP contribution is 2.55. The second-order valence-electron chi connectivity index (χ2n) is 9.07. The summed E-state index contributed by atoms with van der Waals surface area (Å²) in [7, 11) is 0.429. The number of hydrogen-bond donors (Lipinski definition) is 1. The summed E-state index contributed by atoms with van der Waals surface area (Å²) in [5, 5.41) is 0. The summed E-state index contributed by atoms with van der Waals surface area (Å²) in [4.78, 5) is 19.5. The fourth-order valence-corrected chi connectivity index (χ4v) is 3.73. The van der Waals surface area contributed by atoms with Gasteiger partial charge in [-0.15, -0.1) is 10.3 Å². The third-order valence-corrected chi connectivity index (χ3v) is 8.34. The van der Waals surface area contributed by atoms with E-state index in [9.17, 15) is 4.79 Å². The molecule has 1 heterocycles. The molecule has 0 bridgehead atoms. The normalized spacial score (nSPS) is 23.0. The van der Waals surface area contributed by atoms with Gasteiger partial charge in [-0.3, -0.25) is 0 Å². The van der Waals surface area contributed by atoms with E-state index in [1.54, 1.807) is 12.6 Å². The number of quaternary nitrogens is 1. The lowest BCUT2D eigenvalue weighted by molar-refractivity contribution is -0.889. The molecule has 150 valence electrons. The van der Waals surface area contributed by atoms with Crippen molar-refractivity contribution in [3.8, 4) is 0 Å². The number of amides is 1. The van der Waals surface area contributed by atoms with Crippen molar-refractivity contribution in [2.45, 2.75) is 76.9 Å². The monoisotopic (exact) mass is 379 g/mol. The van der Waals surface area contributed by atoms with Crippen LogP contribution in [0.1, 0.15) is 54.4 Å². The summed E-state index contributed by atoms with van der Waals surface area (Å²) in [6, 6.07) is 0.126. The lowest BCUT2D eigenvalue weighted by Gasteiger charge is -2.45. The maximum absolute atomic E-state index is 12.6. The Morgan fingerprint density at radius 3 is 2.28 bits per heavy atom. The van der Waals surface area contributed by atoms with Gasteiger partial charge in [0.15, 0.2) is 0 Å². The maximum Gasteiger partial charge on any atom is 0.410 e. The number of rotatable bonds is 6. The van der Waals surface area contributed by atoms with Crippen LogP contribution >= 0.6 is 10.3 Å². The third-order valence-electron chi connectivity index (χ3n) is 4.64. The zero-order chi connectivity index (χ0) is 19.5. The Morgan fingerprint density at radius 2 is 1.80 bits per heavy atom. The van der Waals surface area contributed by atoms with Crippen LogP contribution in [-0.4, -0.2) is 66.2 Å². The fourth-order valence-electron chi connectivity index (χ4n) is 2.62. The predicted molar refractivity (Wildman–Crippen MR) is 104 cm³/mol. The molecule has 0 aromatic heterocycles. The molecular formula is C18H39N2O4S+. The minimum Gasteiger partial charge on any atom is -0.444 e. The second-order valence-corrected chi connectivity index (χ2v) is 12.9. The summed E-state index contributed by atoms with van der Waals surface area (Å²) in [5.41, 5.74) is 1.29. The fraction of sp³-hybridized carbons (Fsp3) is 0.944. The molecular weight excluding hydrogens is 340 g/mol. The minimum absolute atomic E-state index is 0.0595. The van der Waals surface area contributed by atoms with Crippen molar-refractivity contribution < 1.29 is 24.0 Å². The number of nitrogens with two attached hydrogens (primary N) is 1. The lowest BCUT2D eigenvalue weighted by atomic mass is 10.1. The van der Waals surface area contributed by atoms with E-state index >= 15 is 0 Å². The van der Waals surface area contributed by atoms with Crippen LogP contribution in [0.2, 0.25) is 0 Å². The van der Waals surface area contributed by atoms with Gasteiger partial charge in [-0.05, 0) is 39.7 Å². The topological polar surface area (TPSA) is 64.6 Å². The molecule has 0 spiro atoms. The zero-order valence-electron chi connectivity index (χ0n) is 17.5. The molecule has 1 amide bonds. The first kappa shape index (κ1) is 22.5. The first-order valence-corrected chi connectivity index (χ1v) is 11.4. The van der Waals surface area contributed by atoms with Crippen LogP contribution in [-0.2, 0) is 13.8 Å². The van der Waals surface area contributed by atoms with Crippen molar-refractivity contribution in [3.63, 3.8) is 0 Å². The van der Waals surface area contributed by atoms with E-state index in [0.717, 1.165) is 19.4 Å². The average Bonchev–Trinajstić information content (AvgIpc) is 2.78. The van der Waals surface area contributed by atoms with Crippen LogP contribution < -0.4 is 5.48 Å². The van der Waals surface area contributed by atoms with E-state index in [4.69, 9.17) is 13.8 Å². The van der Waals surface area contributed by atoms with Crippen molar-refractivity contribution in [2.24, 2.45) is 0 Å². The van der Waals surface area contributed by atoms with Gasteiger partial charge < -0.3 is 13.8 Å². The zero-order valence-corrected chi connectivity index (χ0v) is 18.4. The molecule has 0 aromatic rings. The number of hydroxylamine groups is 1. The third kappa shape index (κ3) is 6.96. The summed E-state index contributed by atoms with van der Waals surface area (Å²) >= 11 is 0. The number of carbonyl (C=O) groups excluding carboxylic acids is 1. The highest BCUT2D eigenvalue weighted by molar-refractivity contribution is 8.29. The van der Waals surface area contributed by atoms with Gasteiger partial charge in [0.05, 0.1) is 19.8 Å². The average molecular weight is 380 g/mol. The summed E-state index contributed by atoms with van der Waals surface area (Å²) in [6.07, 6.45) is 5.93. The summed E-state index contributed by atoms with van der Waals surface area (Å²) in [6.45, 7) is 13.7. The minimum atomic E-state index is -1.23. The van der Waals surface area contributed by atoms with Crippen molar-refractivity contribution in [3.05, 3.63) is 0 Å². The van der Waals surface area contributed by atoms with Crippen LogP contribution in [0, 0.1) is 0 Å². The smallest absolute Gasteiger partial charge is 0.410 e. The lowest BCUT2D eigenvalue weighted by Crippen LogP contribution is -2.83. The molecule has 1 saturated heterocycles. The standard InChI is InChI=1S/C18H38N2O4S/c1-17(2,3)23-16(21)20-13-15(12-14(20)10-11-19-22-7)24-25(8,9)18(4,5)6/h14-15,19H,10-13H2,1-9H3/p+1. The Hall–Kier alpha value is -0.500. The maximum atomic E-state index is 12.6. The predicted octanol–water partition coefficient (Wildman–Crippen LogP) is 2.67. The number of ether oxygens (including phenoxy) is 1. The van der Waals surface area contributed by atoms with Crippen LogP contribution in [0.4, 0.5) is 4.79 Å². The van der Waals surface area contributed by atoms with Crippen LogP contribution in [0.3, 0.4) is 0 Å². The molecule has 0 aromatic carbocycles. The van der Waals surface area contributed by atoms with Gasteiger partial charge in [0.25, 0.3) is 0 Å². The molecule has 0 saturated carbocycles. The number of hydrogen-bond acceptors (Lipinski definition) is 4. The highest BCUT2D eigenvalue weighted by atomic mass is 32.3. The van der Waals surface area contributed by atoms with Gasteiger partial charge >= 0.3 is 6.09 Å². The van der Waals surface area contributed by atoms with E-state index in [0.29, 0.717) is 6.54 Å². The Bertz CT molecular complexity index is 443. The van der Waals surface area contributed by atoms with Crippen molar-refractivity contribution in [1.29, 1.82) is 0 Å². The number of carbonyl (C=O) groups is 1. The van der Waals surface area contributed by atoms with Gasteiger partial charge in [-0.1, -0.05) is 20.8 Å².